The number of rotatable bonds is 50. The average Bonchev–Trinajstić information content (AvgIpc) is 3.23. The summed E-state index contributed by atoms with van der Waals surface area (Å²) in [6.45, 7) is 4.78. The second-order valence-electron chi connectivity index (χ2n) is 20.0. The summed E-state index contributed by atoms with van der Waals surface area (Å²) in [6.07, 6.45) is 55.0. The SMILES string of the molecule is CCCCCCC/C=C/C(O)C(COP(=O)(O)OCC[N+](C)(C)C)NC(=O)CCCCCCCCCCCCCCCCCCCCCCCCCCCCCCCCCCC. The van der Waals surface area contributed by atoms with Crippen molar-refractivity contribution in [2.45, 2.75) is 283 Å². The molecule has 0 aromatic rings. The fraction of sp³-hybridized carbons (Fsp3) is 0.943. The van der Waals surface area contributed by atoms with Gasteiger partial charge < -0.3 is 19.8 Å². The number of phosphoric acid groups is 1. The van der Waals surface area contributed by atoms with Gasteiger partial charge in [-0.1, -0.05) is 257 Å². The number of aliphatic hydroxyl groups is 1. The van der Waals surface area contributed by atoms with Gasteiger partial charge in [0.1, 0.15) is 13.2 Å². The van der Waals surface area contributed by atoms with Crippen LogP contribution in [0.5, 0.6) is 0 Å². The van der Waals surface area contributed by atoms with Gasteiger partial charge in [0, 0.05) is 6.42 Å². The number of allylic oxidation sites excluding steroid dienone is 1. The summed E-state index contributed by atoms with van der Waals surface area (Å²) in [7, 11) is 1.58. The van der Waals surface area contributed by atoms with Gasteiger partial charge in [0.25, 0.3) is 0 Å². The molecule has 0 saturated heterocycles. The molecular formula is C53H108N2O6P+. The Morgan fingerprint density at radius 3 is 1.19 bits per heavy atom. The molecule has 0 saturated carbocycles. The Kier molecular flexibility index (Phi) is 44.8. The van der Waals surface area contributed by atoms with Crippen LogP contribution in [-0.2, 0) is 18.4 Å². The van der Waals surface area contributed by atoms with E-state index in [4.69, 9.17) is 9.05 Å². The van der Waals surface area contributed by atoms with Crippen molar-refractivity contribution < 1.29 is 32.9 Å². The summed E-state index contributed by atoms with van der Waals surface area (Å²) in [5.74, 6) is -0.176. The Balaban J connectivity index is 3.80. The highest BCUT2D eigenvalue weighted by molar-refractivity contribution is 7.47. The first kappa shape index (κ1) is 61.2. The van der Waals surface area contributed by atoms with Crippen LogP contribution in [0.25, 0.3) is 0 Å². The van der Waals surface area contributed by atoms with Gasteiger partial charge in [-0.3, -0.25) is 13.8 Å². The molecule has 0 aromatic carbocycles. The summed E-state index contributed by atoms with van der Waals surface area (Å²) >= 11 is 0. The van der Waals surface area contributed by atoms with Crippen LogP contribution in [0, 0.1) is 0 Å². The first-order chi connectivity index (χ1) is 30.0. The standard InChI is InChI=1S/C53H107N2O6P/c1-6-8-10-12-14-15-16-17-18-19-20-21-22-23-24-25-26-27-28-29-30-31-32-33-34-35-36-37-38-39-41-43-45-47-53(57)54-51(52(56)46-44-42-40-13-11-9-7-2)50-61-62(58,59)60-49-48-55(3,4)5/h44,46,51-52,56H,6-43,45,47-50H2,1-5H3,(H-,54,57,58,59)/p+1/b46-44+. The highest BCUT2D eigenvalue weighted by Crippen LogP contribution is 2.43. The van der Waals surface area contributed by atoms with E-state index >= 15 is 0 Å². The number of carbonyl (C=O) groups excluding carboxylic acids is 1. The zero-order valence-corrected chi connectivity index (χ0v) is 43.0. The molecule has 0 aliphatic heterocycles. The predicted molar refractivity (Wildman–Crippen MR) is 268 cm³/mol. The van der Waals surface area contributed by atoms with Crippen molar-refractivity contribution in [2.24, 2.45) is 0 Å². The molecule has 3 atom stereocenters. The minimum absolute atomic E-state index is 0.0640. The molecule has 8 nitrogen and oxygen atoms in total. The first-order valence-electron chi connectivity index (χ1n) is 27.1. The molecule has 0 aliphatic carbocycles. The number of nitrogens with one attached hydrogen (secondary N) is 1. The number of hydrogen-bond acceptors (Lipinski definition) is 5. The molecule has 3 unspecified atom stereocenters. The number of likely N-dealkylation sites (N-methyl/N-ethyl adjacent to an activating group) is 1. The number of carbonyl (C=O) groups is 1. The van der Waals surface area contributed by atoms with Gasteiger partial charge >= 0.3 is 7.82 Å². The van der Waals surface area contributed by atoms with Gasteiger partial charge in [-0.15, -0.1) is 0 Å². The smallest absolute Gasteiger partial charge is 0.387 e. The summed E-state index contributed by atoms with van der Waals surface area (Å²) in [5.41, 5.74) is 0. The third-order valence-corrected chi connectivity index (χ3v) is 13.5. The molecule has 0 heterocycles. The van der Waals surface area contributed by atoms with Crippen molar-refractivity contribution in [1.82, 2.24) is 5.32 Å². The van der Waals surface area contributed by atoms with E-state index in [-0.39, 0.29) is 19.1 Å². The molecule has 0 bridgehead atoms. The molecule has 0 aromatic heterocycles. The lowest BCUT2D eigenvalue weighted by atomic mass is 10.0. The van der Waals surface area contributed by atoms with Crippen molar-refractivity contribution in [3.05, 3.63) is 12.2 Å². The lowest BCUT2D eigenvalue weighted by Crippen LogP contribution is -2.45. The zero-order valence-electron chi connectivity index (χ0n) is 42.1. The monoisotopic (exact) mass is 900 g/mol. The van der Waals surface area contributed by atoms with Crippen LogP contribution in [0.4, 0.5) is 0 Å². The third-order valence-electron chi connectivity index (χ3n) is 12.5. The lowest BCUT2D eigenvalue weighted by Gasteiger charge is -2.25. The fourth-order valence-electron chi connectivity index (χ4n) is 8.22. The maximum Gasteiger partial charge on any atom is 0.472 e. The molecule has 3 N–H and O–H groups in total. The van der Waals surface area contributed by atoms with Crippen molar-refractivity contribution >= 4 is 13.7 Å². The van der Waals surface area contributed by atoms with Crippen molar-refractivity contribution in [1.29, 1.82) is 0 Å². The highest BCUT2D eigenvalue weighted by Gasteiger charge is 2.27. The molecule has 0 spiro atoms. The van der Waals surface area contributed by atoms with E-state index in [1.54, 1.807) is 6.08 Å². The summed E-state index contributed by atoms with van der Waals surface area (Å²) < 4.78 is 23.5. The van der Waals surface area contributed by atoms with Crippen LogP contribution >= 0.6 is 7.82 Å². The molecule has 370 valence electrons. The Labute approximate surface area is 386 Å². The maximum atomic E-state index is 12.8. The van der Waals surface area contributed by atoms with Gasteiger partial charge in [0.05, 0.1) is 39.9 Å². The summed E-state index contributed by atoms with van der Waals surface area (Å²) in [4.78, 5) is 23.1. The quantitative estimate of drug-likeness (QED) is 0.0243. The highest BCUT2D eigenvalue weighted by atomic mass is 31.2. The Morgan fingerprint density at radius 1 is 0.532 bits per heavy atom. The van der Waals surface area contributed by atoms with E-state index in [9.17, 15) is 19.4 Å². The normalized spacial score (nSPS) is 14.1. The summed E-state index contributed by atoms with van der Waals surface area (Å²) in [5, 5.41) is 13.7. The van der Waals surface area contributed by atoms with Crippen molar-refractivity contribution in [2.75, 3.05) is 40.9 Å². The van der Waals surface area contributed by atoms with Crippen LogP contribution in [-0.4, -0.2) is 73.4 Å². The van der Waals surface area contributed by atoms with Crippen LogP contribution in [0.3, 0.4) is 0 Å². The molecule has 0 aliphatic rings. The maximum absolute atomic E-state index is 12.8. The largest absolute Gasteiger partial charge is 0.472 e. The average molecular weight is 900 g/mol. The Morgan fingerprint density at radius 2 is 0.855 bits per heavy atom. The second kappa shape index (κ2) is 45.4. The zero-order chi connectivity index (χ0) is 45.7. The van der Waals surface area contributed by atoms with E-state index < -0.39 is 20.0 Å². The molecular weight excluding hydrogens is 792 g/mol. The molecule has 9 heteroatoms. The van der Waals surface area contributed by atoms with Gasteiger partial charge in [0.2, 0.25) is 5.91 Å². The number of quaternary nitrogens is 1. The summed E-state index contributed by atoms with van der Waals surface area (Å²) in [6, 6.07) is -0.838. The van der Waals surface area contributed by atoms with E-state index in [2.05, 4.69) is 19.2 Å². The van der Waals surface area contributed by atoms with Crippen LogP contribution in [0.1, 0.15) is 271 Å². The van der Waals surface area contributed by atoms with Gasteiger partial charge in [-0.05, 0) is 19.3 Å². The van der Waals surface area contributed by atoms with E-state index in [1.165, 1.54) is 212 Å². The van der Waals surface area contributed by atoms with Crippen LogP contribution < -0.4 is 5.32 Å². The number of aliphatic hydroxyl groups excluding tert-OH is 1. The lowest BCUT2D eigenvalue weighted by molar-refractivity contribution is -0.870. The van der Waals surface area contributed by atoms with Gasteiger partial charge in [0.15, 0.2) is 0 Å². The number of phosphoric ester groups is 1. The Bertz CT molecular complexity index is 1020. The van der Waals surface area contributed by atoms with Crippen LogP contribution in [0.15, 0.2) is 12.2 Å². The minimum atomic E-state index is -4.33. The fourth-order valence-corrected chi connectivity index (χ4v) is 8.96. The number of amides is 1. The third kappa shape index (κ3) is 47.2. The molecule has 1 amide bonds. The second-order valence-corrected chi connectivity index (χ2v) is 21.4. The van der Waals surface area contributed by atoms with Gasteiger partial charge in [-0.2, -0.15) is 0 Å². The number of unbranched alkanes of at least 4 members (excludes halogenated alkanes) is 37. The van der Waals surface area contributed by atoms with Crippen molar-refractivity contribution in [3.63, 3.8) is 0 Å². The van der Waals surface area contributed by atoms with Gasteiger partial charge in [-0.25, -0.2) is 4.57 Å². The van der Waals surface area contributed by atoms with Crippen LogP contribution in [0.2, 0.25) is 0 Å². The molecule has 62 heavy (non-hydrogen) atoms. The Hall–Kier alpha value is -0.760. The molecule has 0 radical (unpaired) electrons. The van der Waals surface area contributed by atoms with E-state index in [1.807, 2.05) is 27.2 Å². The topological polar surface area (TPSA) is 105 Å². The molecule has 0 fully saturated rings. The van der Waals surface area contributed by atoms with E-state index in [0.717, 1.165) is 38.5 Å². The number of hydrogen-bond donors (Lipinski definition) is 3. The number of nitrogens with zero attached hydrogens (tertiary/aromatic N) is 1. The van der Waals surface area contributed by atoms with E-state index in [0.29, 0.717) is 17.4 Å². The predicted octanol–water partition coefficient (Wildman–Crippen LogP) is 15.9. The first-order valence-corrected chi connectivity index (χ1v) is 28.6. The molecule has 0 rings (SSSR count). The van der Waals surface area contributed by atoms with Crippen molar-refractivity contribution in [3.8, 4) is 0 Å². The minimum Gasteiger partial charge on any atom is -0.387 e.